The summed E-state index contributed by atoms with van der Waals surface area (Å²) in [6.45, 7) is 1.25. The Morgan fingerprint density at radius 3 is 2.60 bits per heavy atom. The van der Waals surface area contributed by atoms with E-state index in [-0.39, 0.29) is 12.3 Å². The molecule has 0 aromatic heterocycles. The van der Waals surface area contributed by atoms with E-state index in [0.717, 1.165) is 4.31 Å². The standard InChI is InChI=1S/C11H20N2O6S/c1-2-6-20(18,19)13-5-3-4-9(13)10(15)12-8(7-14)11(16)17/h8-9,14H,2-7H2,1H3,(H,12,15)(H,16,17)/t8-,9?/m0/s1. The number of aliphatic hydroxyl groups is 1. The van der Waals surface area contributed by atoms with Crippen molar-refractivity contribution < 1.29 is 28.2 Å². The molecule has 0 aromatic rings. The van der Waals surface area contributed by atoms with E-state index in [4.69, 9.17) is 10.2 Å². The SMILES string of the molecule is CCCS(=O)(=O)N1CCCC1C(=O)N[C@@H](CO)C(=O)O. The van der Waals surface area contributed by atoms with Crippen LogP contribution in [0.25, 0.3) is 0 Å². The topological polar surface area (TPSA) is 124 Å². The first kappa shape index (κ1) is 16.9. The van der Waals surface area contributed by atoms with Crippen molar-refractivity contribution in [2.75, 3.05) is 18.9 Å². The predicted molar refractivity (Wildman–Crippen MR) is 70.5 cm³/mol. The van der Waals surface area contributed by atoms with Crippen LogP contribution in [0.1, 0.15) is 26.2 Å². The van der Waals surface area contributed by atoms with Crippen LogP contribution in [0.2, 0.25) is 0 Å². The first-order valence-electron chi connectivity index (χ1n) is 6.47. The van der Waals surface area contributed by atoms with Crippen molar-refractivity contribution in [3.05, 3.63) is 0 Å². The molecule has 0 radical (unpaired) electrons. The number of carboxylic acids is 1. The van der Waals surface area contributed by atoms with E-state index in [1.807, 2.05) is 0 Å². The van der Waals surface area contributed by atoms with Gasteiger partial charge in [0.25, 0.3) is 0 Å². The fourth-order valence-corrected chi connectivity index (χ4v) is 3.91. The van der Waals surface area contributed by atoms with E-state index in [9.17, 15) is 18.0 Å². The van der Waals surface area contributed by atoms with Crippen LogP contribution in [-0.4, -0.2) is 65.8 Å². The average Bonchev–Trinajstić information content (AvgIpc) is 2.85. The number of hydrogen-bond acceptors (Lipinski definition) is 5. The number of sulfonamides is 1. The van der Waals surface area contributed by atoms with Crippen molar-refractivity contribution in [1.82, 2.24) is 9.62 Å². The molecule has 9 heteroatoms. The third kappa shape index (κ3) is 3.90. The maximum absolute atomic E-state index is 12.0. The van der Waals surface area contributed by atoms with Crippen LogP contribution in [0.3, 0.4) is 0 Å². The number of hydrogen-bond donors (Lipinski definition) is 3. The van der Waals surface area contributed by atoms with E-state index < -0.39 is 40.6 Å². The minimum Gasteiger partial charge on any atom is -0.480 e. The maximum Gasteiger partial charge on any atom is 0.328 e. The number of nitrogens with zero attached hydrogens (tertiary/aromatic N) is 1. The Balaban J connectivity index is 2.79. The van der Waals surface area contributed by atoms with Crippen molar-refractivity contribution in [3.63, 3.8) is 0 Å². The molecular weight excluding hydrogens is 288 g/mol. The second-order valence-electron chi connectivity index (χ2n) is 4.67. The lowest BCUT2D eigenvalue weighted by Crippen LogP contribution is -2.52. The monoisotopic (exact) mass is 308 g/mol. The quantitative estimate of drug-likeness (QED) is 0.540. The lowest BCUT2D eigenvalue weighted by molar-refractivity contribution is -0.143. The minimum atomic E-state index is -3.50. The molecule has 1 rings (SSSR count). The third-order valence-corrected chi connectivity index (χ3v) is 5.20. The summed E-state index contributed by atoms with van der Waals surface area (Å²) in [5, 5.41) is 19.8. The number of carboxylic acid groups (broad SMARTS) is 1. The van der Waals surface area contributed by atoms with Crippen molar-refractivity contribution in [2.45, 2.75) is 38.3 Å². The molecule has 0 aliphatic carbocycles. The van der Waals surface area contributed by atoms with Gasteiger partial charge in [-0.15, -0.1) is 0 Å². The summed E-state index contributed by atoms with van der Waals surface area (Å²) in [6, 6.07) is -2.31. The zero-order chi connectivity index (χ0) is 15.3. The Bertz CT molecular complexity index is 464. The zero-order valence-corrected chi connectivity index (χ0v) is 12.1. The molecule has 0 spiro atoms. The molecule has 2 atom stereocenters. The smallest absolute Gasteiger partial charge is 0.328 e. The second-order valence-corrected chi connectivity index (χ2v) is 6.71. The molecule has 0 aromatic carbocycles. The highest BCUT2D eigenvalue weighted by Gasteiger charge is 2.39. The van der Waals surface area contributed by atoms with Gasteiger partial charge in [0, 0.05) is 6.54 Å². The Kier molecular flexibility index (Phi) is 5.90. The first-order chi connectivity index (χ1) is 9.33. The van der Waals surface area contributed by atoms with Gasteiger partial charge in [0.2, 0.25) is 15.9 Å². The van der Waals surface area contributed by atoms with Gasteiger partial charge in [-0.1, -0.05) is 6.92 Å². The minimum absolute atomic E-state index is 0.0425. The van der Waals surface area contributed by atoms with Gasteiger partial charge >= 0.3 is 5.97 Å². The number of aliphatic hydroxyl groups excluding tert-OH is 1. The van der Waals surface area contributed by atoms with Crippen LogP contribution >= 0.6 is 0 Å². The van der Waals surface area contributed by atoms with E-state index in [2.05, 4.69) is 5.32 Å². The maximum atomic E-state index is 12.0. The molecule has 8 nitrogen and oxygen atoms in total. The number of nitrogens with one attached hydrogen (secondary N) is 1. The molecule has 1 unspecified atom stereocenters. The number of rotatable bonds is 7. The molecule has 20 heavy (non-hydrogen) atoms. The summed E-state index contributed by atoms with van der Waals surface area (Å²) >= 11 is 0. The van der Waals surface area contributed by atoms with Gasteiger partial charge < -0.3 is 15.5 Å². The van der Waals surface area contributed by atoms with Gasteiger partial charge in [-0.05, 0) is 19.3 Å². The third-order valence-electron chi connectivity index (χ3n) is 3.12. The summed E-state index contributed by atoms with van der Waals surface area (Å²) in [6.07, 6.45) is 1.35. The Hall–Kier alpha value is -1.19. The van der Waals surface area contributed by atoms with Gasteiger partial charge in [0.15, 0.2) is 0 Å². The molecule has 0 bridgehead atoms. The van der Waals surface area contributed by atoms with Crippen molar-refractivity contribution >= 4 is 21.9 Å². The molecule has 1 fully saturated rings. The summed E-state index contributed by atoms with van der Waals surface area (Å²) in [5.74, 6) is -2.08. The van der Waals surface area contributed by atoms with Crippen LogP contribution in [0.4, 0.5) is 0 Å². The molecule has 1 aliphatic heterocycles. The van der Waals surface area contributed by atoms with E-state index >= 15 is 0 Å². The molecule has 0 saturated carbocycles. The van der Waals surface area contributed by atoms with E-state index in [1.54, 1.807) is 6.92 Å². The van der Waals surface area contributed by atoms with Crippen LogP contribution in [0, 0.1) is 0 Å². The van der Waals surface area contributed by atoms with Crippen molar-refractivity contribution in [1.29, 1.82) is 0 Å². The molecule has 1 amide bonds. The lowest BCUT2D eigenvalue weighted by atomic mass is 10.2. The normalized spacial score (nSPS) is 21.6. The van der Waals surface area contributed by atoms with Crippen molar-refractivity contribution in [2.24, 2.45) is 0 Å². The number of aliphatic carboxylic acids is 1. The van der Waals surface area contributed by atoms with Crippen LogP contribution in [0.15, 0.2) is 0 Å². The Labute approximate surface area is 117 Å². The largest absolute Gasteiger partial charge is 0.480 e. The summed E-state index contributed by atoms with van der Waals surface area (Å²) < 4.78 is 25.2. The van der Waals surface area contributed by atoms with E-state index in [1.165, 1.54) is 0 Å². The molecular formula is C11H20N2O6S. The highest BCUT2D eigenvalue weighted by atomic mass is 32.2. The summed E-state index contributed by atoms with van der Waals surface area (Å²) in [5.41, 5.74) is 0. The molecule has 1 aliphatic rings. The first-order valence-corrected chi connectivity index (χ1v) is 8.08. The van der Waals surface area contributed by atoms with Crippen LogP contribution in [-0.2, 0) is 19.6 Å². The summed E-state index contributed by atoms with van der Waals surface area (Å²) in [4.78, 5) is 22.7. The Morgan fingerprint density at radius 2 is 2.10 bits per heavy atom. The number of carbonyl (C=O) groups is 2. The average molecular weight is 308 g/mol. The van der Waals surface area contributed by atoms with Crippen LogP contribution < -0.4 is 5.32 Å². The Morgan fingerprint density at radius 1 is 1.45 bits per heavy atom. The molecule has 116 valence electrons. The lowest BCUT2D eigenvalue weighted by Gasteiger charge is -2.24. The zero-order valence-electron chi connectivity index (χ0n) is 11.3. The number of amides is 1. The summed E-state index contributed by atoms with van der Waals surface area (Å²) in [7, 11) is -3.50. The fraction of sp³-hybridized carbons (Fsp3) is 0.818. The number of carbonyl (C=O) groups excluding carboxylic acids is 1. The van der Waals surface area contributed by atoms with Gasteiger partial charge in [0.05, 0.1) is 12.4 Å². The highest BCUT2D eigenvalue weighted by molar-refractivity contribution is 7.89. The van der Waals surface area contributed by atoms with Gasteiger partial charge in [-0.25, -0.2) is 13.2 Å². The van der Waals surface area contributed by atoms with E-state index in [0.29, 0.717) is 19.3 Å². The molecule has 3 N–H and O–H groups in total. The second kappa shape index (κ2) is 7.00. The van der Waals surface area contributed by atoms with Gasteiger partial charge in [-0.3, -0.25) is 4.79 Å². The van der Waals surface area contributed by atoms with Crippen LogP contribution in [0.5, 0.6) is 0 Å². The van der Waals surface area contributed by atoms with Gasteiger partial charge in [0.1, 0.15) is 12.1 Å². The van der Waals surface area contributed by atoms with Crippen molar-refractivity contribution in [3.8, 4) is 0 Å². The molecule has 1 saturated heterocycles. The molecule has 1 heterocycles. The predicted octanol–water partition coefficient (Wildman–Crippen LogP) is -1.25. The fourth-order valence-electron chi connectivity index (χ4n) is 2.16. The van der Waals surface area contributed by atoms with Gasteiger partial charge in [-0.2, -0.15) is 4.31 Å². The highest BCUT2D eigenvalue weighted by Crippen LogP contribution is 2.22.